The van der Waals surface area contributed by atoms with E-state index in [1.807, 2.05) is 25.1 Å². The third kappa shape index (κ3) is 4.93. The highest BCUT2D eigenvalue weighted by Crippen LogP contribution is 2.26. The number of benzene rings is 1. The molecule has 1 amide bonds. The van der Waals surface area contributed by atoms with Crippen molar-refractivity contribution in [3.05, 3.63) is 29.8 Å². The van der Waals surface area contributed by atoms with Crippen molar-refractivity contribution >= 4 is 5.91 Å². The third-order valence-corrected chi connectivity index (χ3v) is 2.93. The molecule has 3 heteroatoms. The van der Waals surface area contributed by atoms with Crippen molar-refractivity contribution in [1.29, 1.82) is 0 Å². The van der Waals surface area contributed by atoms with E-state index in [1.165, 1.54) is 5.56 Å². The van der Waals surface area contributed by atoms with Gasteiger partial charge >= 0.3 is 0 Å². The minimum absolute atomic E-state index is 0.0667. The average Bonchev–Trinajstić information content (AvgIpc) is 2.35. The van der Waals surface area contributed by atoms with Crippen LogP contribution in [0.15, 0.2) is 24.3 Å². The summed E-state index contributed by atoms with van der Waals surface area (Å²) in [6.07, 6.45) is 0.458. The Hall–Kier alpha value is -1.51. The van der Waals surface area contributed by atoms with Crippen molar-refractivity contribution in [2.45, 2.75) is 52.6 Å². The summed E-state index contributed by atoms with van der Waals surface area (Å²) in [5, 5.41) is 2.83. The van der Waals surface area contributed by atoms with Gasteiger partial charge in [0.2, 0.25) is 0 Å². The molecule has 1 N–H and O–H groups in total. The van der Waals surface area contributed by atoms with Crippen LogP contribution in [-0.4, -0.2) is 18.6 Å². The molecule has 0 radical (unpaired) electrons. The minimum Gasteiger partial charge on any atom is -0.481 e. The molecular formula is C16H25NO2. The van der Waals surface area contributed by atoms with E-state index in [9.17, 15) is 4.79 Å². The van der Waals surface area contributed by atoms with Crippen LogP contribution < -0.4 is 10.1 Å². The second-order valence-electron chi connectivity index (χ2n) is 5.83. The first kappa shape index (κ1) is 15.5. The van der Waals surface area contributed by atoms with Crippen LogP contribution in [-0.2, 0) is 10.2 Å². The van der Waals surface area contributed by atoms with E-state index in [4.69, 9.17) is 4.74 Å². The van der Waals surface area contributed by atoms with Gasteiger partial charge in [-0.05, 0) is 36.5 Å². The zero-order valence-corrected chi connectivity index (χ0v) is 12.6. The molecule has 0 spiro atoms. The predicted molar refractivity (Wildman–Crippen MR) is 78.5 cm³/mol. The molecule has 1 rings (SSSR count). The highest BCUT2D eigenvalue weighted by molar-refractivity contribution is 5.80. The smallest absolute Gasteiger partial charge is 0.260 e. The van der Waals surface area contributed by atoms with Crippen LogP contribution in [0.2, 0.25) is 0 Å². The molecule has 0 aromatic heterocycles. The molecular weight excluding hydrogens is 238 g/mol. The molecule has 1 aromatic carbocycles. The minimum atomic E-state index is -0.471. The van der Waals surface area contributed by atoms with Crippen LogP contribution in [0.1, 0.15) is 46.6 Å². The molecule has 0 bridgehead atoms. The van der Waals surface area contributed by atoms with Gasteiger partial charge in [0.15, 0.2) is 6.10 Å². The van der Waals surface area contributed by atoms with Gasteiger partial charge in [-0.25, -0.2) is 0 Å². The largest absolute Gasteiger partial charge is 0.481 e. The maximum Gasteiger partial charge on any atom is 0.260 e. The fourth-order valence-electron chi connectivity index (χ4n) is 1.69. The summed E-state index contributed by atoms with van der Waals surface area (Å²) < 4.78 is 5.70. The Kier molecular flexibility index (Phi) is 5.40. The van der Waals surface area contributed by atoms with Gasteiger partial charge in [0, 0.05) is 6.54 Å². The van der Waals surface area contributed by atoms with Crippen LogP contribution >= 0.6 is 0 Å². The van der Waals surface area contributed by atoms with Gasteiger partial charge in [-0.2, -0.15) is 0 Å². The SMILES string of the molecule is CCCNC(=O)C(C)Oc1cccc(C(C)(C)C)c1. The topological polar surface area (TPSA) is 38.3 Å². The molecule has 0 heterocycles. The standard InChI is InChI=1S/C16H25NO2/c1-6-10-17-15(18)12(2)19-14-9-7-8-13(11-14)16(3,4)5/h7-9,11-12H,6,10H2,1-5H3,(H,17,18). The van der Waals surface area contributed by atoms with Gasteiger partial charge in [0.05, 0.1) is 0 Å². The van der Waals surface area contributed by atoms with Gasteiger partial charge < -0.3 is 10.1 Å². The Bertz CT molecular complexity index is 421. The fraction of sp³-hybridized carbons (Fsp3) is 0.562. The zero-order chi connectivity index (χ0) is 14.5. The van der Waals surface area contributed by atoms with Gasteiger partial charge in [-0.1, -0.05) is 39.8 Å². The summed E-state index contributed by atoms with van der Waals surface area (Å²) in [5.41, 5.74) is 1.28. The zero-order valence-electron chi connectivity index (χ0n) is 12.6. The second kappa shape index (κ2) is 6.60. The summed E-state index contributed by atoms with van der Waals surface area (Å²) in [4.78, 5) is 11.8. The van der Waals surface area contributed by atoms with Crippen LogP contribution in [0.5, 0.6) is 5.75 Å². The van der Waals surface area contributed by atoms with Crippen molar-refractivity contribution in [2.75, 3.05) is 6.54 Å². The fourth-order valence-corrected chi connectivity index (χ4v) is 1.69. The quantitative estimate of drug-likeness (QED) is 0.885. The molecule has 1 unspecified atom stereocenters. The summed E-state index contributed by atoms with van der Waals surface area (Å²) in [7, 11) is 0. The van der Waals surface area contributed by atoms with E-state index in [2.05, 4.69) is 32.2 Å². The number of hydrogen-bond acceptors (Lipinski definition) is 2. The van der Waals surface area contributed by atoms with Crippen LogP contribution in [0.3, 0.4) is 0 Å². The van der Waals surface area contributed by atoms with Crippen molar-refractivity contribution in [3.8, 4) is 5.75 Å². The molecule has 1 atom stereocenters. The number of carbonyl (C=O) groups excluding carboxylic acids is 1. The number of nitrogens with one attached hydrogen (secondary N) is 1. The predicted octanol–water partition coefficient (Wildman–Crippen LogP) is 3.28. The molecule has 106 valence electrons. The number of hydrogen-bond donors (Lipinski definition) is 1. The van der Waals surface area contributed by atoms with E-state index >= 15 is 0 Å². The third-order valence-electron chi connectivity index (χ3n) is 2.93. The molecule has 1 aromatic rings. The molecule has 0 aliphatic carbocycles. The van der Waals surface area contributed by atoms with Crippen LogP contribution in [0, 0.1) is 0 Å². The van der Waals surface area contributed by atoms with Crippen molar-refractivity contribution < 1.29 is 9.53 Å². The lowest BCUT2D eigenvalue weighted by Gasteiger charge is -2.21. The van der Waals surface area contributed by atoms with Crippen LogP contribution in [0.25, 0.3) is 0 Å². The highest BCUT2D eigenvalue weighted by atomic mass is 16.5. The van der Waals surface area contributed by atoms with Crippen LogP contribution in [0.4, 0.5) is 0 Å². The van der Waals surface area contributed by atoms with Crippen molar-refractivity contribution in [1.82, 2.24) is 5.32 Å². The molecule has 0 aliphatic rings. The summed E-state index contributed by atoms with van der Waals surface area (Å²) >= 11 is 0. The van der Waals surface area contributed by atoms with E-state index in [1.54, 1.807) is 6.92 Å². The normalized spacial score (nSPS) is 12.9. The Morgan fingerprint density at radius 1 is 1.37 bits per heavy atom. The molecule has 0 fully saturated rings. The van der Waals surface area contributed by atoms with E-state index in [-0.39, 0.29) is 11.3 Å². The van der Waals surface area contributed by atoms with E-state index in [0.29, 0.717) is 6.54 Å². The maximum atomic E-state index is 11.8. The Balaban J connectivity index is 2.69. The molecule has 19 heavy (non-hydrogen) atoms. The number of amides is 1. The maximum absolute atomic E-state index is 11.8. The first-order chi connectivity index (χ1) is 8.84. The first-order valence-corrected chi connectivity index (χ1v) is 6.89. The molecule has 0 saturated heterocycles. The first-order valence-electron chi connectivity index (χ1n) is 6.89. The number of carbonyl (C=O) groups is 1. The van der Waals surface area contributed by atoms with Crippen molar-refractivity contribution in [2.24, 2.45) is 0 Å². The van der Waals surface area contributed by atoms with Gasteiger partial charge in [-0.3, -0.25) is 4.79 Å². The van der Waals surface area contributed by atoms with Crippen molar-refractivity contribution in [3.63, 3.8) is 0 Å². The van der Waals surface area contributed by atoms with Gasteiger partial charge in [0.25, 0.3) is 5.91 Å². The lowest BCUT2D eigenvalue weighted by Crippen LogP contribution is -2.36. The summed E-state index contributed by atoms with van der Waals surface area (Å²) in [6, 6.07) is 7.93. The summed E-state index contributed by atoms with van der Waals surface area (Å²) in [5.74, 6) is 0.676. The monoisotopic (exact) mass is 263 g/mol. The van der Waals surface area contributed by atoms with Gasteiger partial charge in [-0.15, -0.1) is 0 Å². The lowest BCUT2D eigenvalue weighted by atomic mass is 9.87. The second-order valence-corrected chi connectivity index (χ2v) is 5.83. The highest BCUT2D eigenvalue weighted by Gasteiger charge is 2.17. The molecule has 3 nitrogen and oxygen atoms in total. The lowest BCUT2D eigenvalue weighted by molar-refractivity contribution is -0.127. The van der Waals surface area contributed by atoms with E-state index in [0.717, 1.165) is 12.2 Å². The van der Waals surface area contributed by atoms with E-state index < -0.39 is 6.10 Å². The molecule has 0 aliphatic heterocycles. The Labute approximate surface area is 116 Å². The number of ether oxygens (including phenoxy) is 1. The summed E-state index contributed by atoms with van der Waals surface area (Å²) in [6.45, 7) is 11.0. The molecule has 0 saturated carbocycles. The number of rotatable bonds is 5. The Morgan fingerprint density at radius 2 is 2.05 bits per heavy atom. The Morgan fingerprint density at radius 3 is 2.63 bits per heavy atom. The average molecular weight is 263 g/mol. The van der Waals surface area contributed by atoms with Gasteiger partial charge in [0.1, 0.15) is 5.75 Å².